The summed E-state index contributed by atoms with van der Waals surface area (Å²) in [7, 11) is 0. The number of carboxylic acid groups (broad SMARTS) is 1. The van der Waals surface area contributed by atoms with Crippen LogP contribution in [0, 0.1) is 6.92 Å². The molecule has 0 saturated heterocycles. The normalized spacial score (nSPS) is 10.4. The third-order valence-corrected chi connectivity index (χ3v) is 2.96. The Bertz CT molecular complexity index is 471. The van der Waals surface area contributed by atoms with Crippen molar-refractivity contribution in [3.05, 3.63) is 29.8 Å². The second-order valence-corrected chi connectivity index (χ2v) is 4.88. The van der Waals surface area contributed by atoms with E-state index in [0.717, 1.165) is 5.56 Å². The summed E-state index contributed by atoms with van der Waals surface area (Å²) in [5.41, 5.74) is 0.960. The number of carboxylic acids is 1. The largest absolute Gasteiger partial charge is 0.484 e. The quantitative estimate of drug-likeness (QED) is 0.830. The van der Waals surface area contributed by atoms with E-state index in [4.69, 9.17) is 9.84 Å². The molecule has 0 radical (unpaired) electrons. The number of hydrogen-bond acceptors (Lipinski definition) is 3. The van der Waals surface area contributed by atoms with E-state index in [1.807, 2.05) is 39.0 Å². The number of ether oxygens (including phenoxy) is 1. The van der Waals surface area contributed by atoms with E-state index in [2.05, 4.69) is 0 Å². The standard InChI is InChI=1S/C15H21NO4/c1-11(2)16(9-8-15(18)19)14(17)10-20-13-7-5-4-6-12(13)3/h4-7,11H,8-10H2,1-3H3,(H,18,19). The molecular formula is C15H21NO4. The fraction of sp³-hybridized carbons (Fsp3) is 0.467. The minimum Gasteiger partial charge on any atom is -0.484 e. The van der Waals surface area contributed by atoms with Crippen LogP contribution >= 0.6 is 0 Å². The first-order valence-corrected chi connectivity index (χ1v) is 6.61. The molecule has 0 fully saturated rings. The Labute approximate surface area is 119 Å². The van der Waals surface area contributed by atoms with Crippen LogP contribution in [0.25, 0.3) is 0 Å². The van der Waals surface area contributed by atoms with Crippen LogP contribution in [0.15, 0.2) is 24.3 Å². The molecule has 0 spiro atoms. The average molecular weight is 279 g/mol. The second-order valence-electron chi connectivity index (χ2n) is 4.88. The third-order valence-electron chi connectivity index (χ3n) is 2.96. The van der Waals surface area contributed by atoms with Gasteiger partial charge in [-0.2, -0.15) is 0 Å². The van der Waals surface area contributed by atoms with Gasteiger partial charge in [0.2, 0.25) is 0 Å². The maximum Gasteiger partial charge on any atom is 0.305 e. The predicted octanol–water partition coefficient (Wildman–Crippen LogP) is 2.09. The third kappa shape index (κ3) is 4.91. The minimum absolute atomic E-state index is 0.0534. The summed E-state index contributed by atoms with van der Waals surface area (Å²) in [5, 5.41) is 8.70. The van der Waals surface area contributed by atoms with Crippen molar-refractivity contribution in [3.8, 4) is 5.75 Å². The van der Waals surface area contributed by atoms with E-state index in [0.29, 0.717) is 5.75 Å². The van der Waals surface area contributed by atoms with Crippen LogP contribution in [0.5, 0.6) is 5.75 Å². The molecule has 1 aromatic carbocycles. The smallest absolute Gasteiger partial charge is 0.305 e. The van der Waals surface area contributed by atoms with Crippen LogP contribution in [0.1, 0.15) is 25.8 Å². The molecule has 1 amide bonds. The summed E-state index contributed by atoms with van der Waals surface area (Å²) in [6.07, 6.45) is -0.0612. The van der Waals surface area contributed by atoms with E-state index >= 15 is 0 Å². The lowest BCUT2D eigenvalue weighted by atomic mass is 10.2. The van der Waals surface area contributed by atoms with Crippen LogP contribution < -0.4 is 4.74 Å². The minimum atomic E-state index is -0.914. The van der Waals surface area contributed by atoms with Crippen LogP contribution in [0.3, 0.4) is 0 Å². The van der Waals surface area contributed by atoms with Crippen LogP contribution in [0.4, 0.5) is 0 Å². The van der Waals surface area contributed by atoms with Crippen molar-refractivity contribution < 1.29 is 19.4 Å². The SMILES string of the molecule is Cc1ccccc1OCC(=O)N(CCC(=O)O)C(C)C. The lowest BCUT2D eigenvalue weighted by molar-refractivity contribution is -0.139. The van der Waals surface area contributed by atoms with Gasteiger partial charge in [0.1, 0.15) is 5.75 Å². The Kier molecular flexibility index (Phi) is 6.03. The molecule has 0 heterocycles. The zero-order valence-corrected chi connectivity index (χ0v) is 12.1. The number of hydrogen-bond donors (Lipinski definition) is 1. The van der Waals surface area contributed by atoms with Crippen LogP contribution in [-0.2, 0) is 9.59 Å². The molecule has 0 saturated carbocycles. The lowest BCUT2D eigenvalue weighted by Crippen LogP contribution is -2.41. The maximum absolute atomic E-state index is 12.1. The highest BCUT2D eigenvalue weighted by Gasteiger charge is 2.18. The Morgan fingerprint density at radius 3 is 2.50 bits per heavy atom. The lowest BCUT2D eigenvalue weighted by Gasteiger charge is -2.26. The summed E-state index contributed by atoms with van der Waals surface area (Å²) >= 11 is 0. The zero-order valence-electron chi connectivity index (χ0n) is 12.1. The molecule has 0 atom stereocenters. The van der Waals surface area contributed by atoms with Gasteiger partial charge in [0, 0.05) is 12.6 Å². The monoisotopic (exact) mass is 279 g/mol. The molecule has 0 aliphatic heterocycles. The fourth-order valence-corrected chi connectivity index (χ4v) is 1.83. The molecule has 1 aromatic rings. The second kappa shape index (κ2) is 7.53. The van der Waals surface area contributed by atoms with E-state index in [1.165, 1.54) is 4.90 Å². The molecule has 5 heteroatoms. The van der Waals surface area contributed by atoms with E-state index in [9.17, 15) is 9.59 Å². The zero-order chi connectivity index (χ0) is 15.1. The first kappa shape index (κ1) is 16.0. The van der Waals surface area contributed by atoms with Gasteiger partial charge < -0.3 is 14.7 Å². The van der Waals surface area contributed by atoms with E-state index in [-0.39, 0.29) is 31.5 Å². The Balaban J connectivity index is 2.58. The molecule has 20 heavy (non-hydrogen) atoms. The van der Waals surface area contributed by atoms with Gasteiger partial charge in [-0.1, -0.05) is 18.2 Å². The number of para-hydroxylation sites is 1. The van der Waals surface area contributed by atoms with Crippen molar-refractivity contribution in [3.63, 3.8) is 0 Å². The first-order chi connectivity index (χ1) is 9.41. The summed E-state index contributed by atoms with van der Waals surface area (Å²) < 4.78 is 5.50. The number of carbonyl (C=O) groups excluding carboxylic acids is 1. The van der Waals surface area contributed by atoms with Crippen molar-refractivity contribution in [2.75, 3.05) is 13.2 Å². The van der Waals surface area contributed by atoms with Crippen LogP contribution in [0.2, 0.25) is 0 Å². The number of aryl methyl sites for hydroxylation is 1. The Hall–Kier alpha value is -2.04. The van der Waals surface area contributed by atoms with Gasteiger partial charge in [-0.25, -0.2) is 0 Å². The van der Waals surface area contributed by atoms with E-state index in [1.54, 1.807) is 6.07 Å². The van der Waals surface area contributed by atoms with Crippen molar-refractivity contribution in [1.29, 1.82) is 0 Å². The maximum atomic E-state index is 12.1. The summed E-state index contributed by atoms with van der Waals surface area (Å²) in [6.45, 7) is 5.73. The highest BCUT2D eigenvalue weighted by atomic mass is 16.5. The predicted molar refractivity (Wildman–Crippen MR) is 75.8 cm³/mol. The number of rotatable bonds is 7. The molecule has 0 aliphatic rings. The number of nitrogens with zero attached hydrogens (tertiary/aromatic N) is 1. The van der Waals surface area contributed by atoms with Gasteiger partial charge in [-0.3, -0.25) is 9.59 Å². The van der Waals surface area contributed by atoms with Gasteiger partial charge >= 0.3 is 5.97 Å². The van der Waals surface area contributed by atoms with Crippen molar-refractivity contribution in [2.24, 2.45) is 0 Å². The van der Waals surface area contributed by atoms with Crippen molar-refractivity contribution >= 4 is 11.9 Å². The van der Waals surface area contributed by atoms with E-state index < -0.39 is 5.97 Å². The molecule has 5 nitrogen and oxygen atoms in total. The molecule has 1 N–H and O–H groups in total. The number of aliphatic carboxylic acids is 1. The van der Waals surface area contributed by atoms with Gasteiger partial charge in [0.25, 0.3) is 5.91 Å². The van der Waals surface area contributed by atoms with Crippen LogP contribution in [-0.4, -0.2) is 41.1 Å². The molecule has 0 bridgehead atoms. The fourth-order valence-electron chi connectivity index (χ4n) is 1.83. The molecule has 0 unspecified atom stereocenters. The highest BCUT2D eigenvalue weighted by Crippen LogP contribution is 2.16. The molecular weight excluding hydrogens is 258 g/mol. The van der Waals surface area contributed by atoms with Gasteiger partial charge in [-0.05, 0) is 32.4 Å². The summed E-state index contributed by atoms with van der Waals surface area (Å²) in [4.78, 5) is 24.2. The number of amides is 1. The van der Waals surface area contributed by atoms with Crippen molar-refractivity contribution in [1.82, 2.24) is 4.90 Å². The summed E-state index contributed by atoms with van der Waals surface area (Å²) in [6, 6.07) is 7.40. The Morgan fingerprint density at radius 1 is 1.30 bits per heavy atom. The molecule has 1 rings (SSSR count). The number of carbonyl (C=O) groups is 2. The number of benzene rings is 1. The van der Waals surface area contributed by atoms with Gasteiger partial charge in [-0.15, -0.1) is 0 Å². The highest BCUT2D eigenvalue weighted by molar-refractivity contribution is 5.78. The van der Waals surface area contributed by atoms with Gasteiger partial charge in [0.15, 0.2) is 6.61 Å². The average Bonchev–Trinajstić information content (AvgIpc) is 2.37. The van der Waals surface area contributed by atoms with Crippen molar-refractivity contribution in [2.45, 2.75) is 33.2 Å². The molecule has 0 aromatic heterocycles. The molecule has 0 aliphatic carbocycles. The first-order valence-electron chi connectivity index (χ1n) is 6.61. The van der Waals surface area contributed by atoms with Gasteiger partial charge in [0.05, 0.1) is 6.42 Å². The topological polar surface area (TPSA) is 66.8 Å². The Morgan fingerprint density at radius 2 is 1.95 bits per heavy atom. The molecule has 110 valence electrons. The summed E-state index contributed by atoms with van der Waals surface area (Å²) in [5.74, 6) is -0.449.